The van der Waals surface area contributed by atoms with E-state index in [4.69, 9.17) is 5.73 Å². The van der Waals surface area contributed by atoms with Crippen LogP contribution in [0.25, 0.3) is 0 Å². The summed E-state index contributed by atoms with van der Waals surface area (Å²) in [6.45, 7) is 3.97. The van der Waals surface area contributed by atoms with Crippen molar-refractivity contribution in [2.24, 2.45) is 7.05 Å². The van der Waals surface area contributed by atoms with E-state index in [0.717, 1.165) is 35.4 Å². The highest BCUT2D eigenvalue weighted by atomic mass is 79.9. The number of hydrogen-bond acceptors (Lipinski definition) is 3. The van der Waals surface area contributed by atoms with Gasteiger partial charge in [-0.05, 0) is 59.5 Å². The Morgan fingerprint density at radius 1 is 1.40 bits per heavy atom. The summed E-state index contributed by atoms with van der Waals surface area (Å²) >= 11 is 3.65. The van der Waals surface area contributed by atoms with Crippen molar-refractivity contribution in [2.45, 2.75) is 26.3 Å². The number of halogens is 1. The predicted molar refractivity (Wildman–Crippen MR) is 85.9 cm³/mol. The van der Waals surface area contributed by atoms with Gasteiger partial charge in [-0.2, -0.15) is 5.10 Å². The maximum absolute atomic E-state index is 5.89. The van der Waals surface area contributed by atoms with Crippen LogP contribution in [-0.4, -0.2) is 16.3 Å². The maximum atomic E-state index is 5.89. The Bertz CT molecular complexity index is 648. The largest absolute Gasteiger partial charge is 0.399 e. The number of nitrogens with zero attached hydrogens (tertiary/aromatic N) is 3. The van der Waals surface area contributed by atoms with Crippen LogP contribution in [0.4, 0.5) is 11.4 Å². The van der Waals surface area contributed by atoms with Gasteiger partial charge in [0.15, 0.2) is 0 Å². The van der Waals surface area contributed by atoms with E-state index < -0.39 is 0 Å². The van der Waals surface area contributed by atoms with E-state index in [0.29, 0.717) is 0 Å². The minimum absolute atomic E-state index is 0.850. The number of nitrogen functional groups attached to an aromatic ring is 1. The minimum atomic E-state index is 0.850. The summed E-state index contributed by atoms with van der Waals surface area (Å²) in [5, 5.41) is 4.47. The van der Waals surface area contributed by atoms with Crippen molar-refractivity contribution < 1.29 is 0 Å². The fraction of sp³-hybridized carbons (Fsp3) is 0.400. The molecule has 5 heteroatoms. The van der Waals surface area contributed by atoms with Gasteiger partial charge in [0.05, 0.1) is 22.4 Å². The average molecular weight is 335 g/mol. The Kier molecular flexibility index (Phi) is 3.46. The number of fused-ring (bicyclic) bond motifs is 1. The summed E-state index contributed by atoms with van der Waals surface area (Å²) < 4.78 is 3.08. The molecule has 2 aromatic rings. The van der Waals surface area contributed by atoms with Crippen molar-refractivity contribution in [3.8, 4) is 0 Å². The van der Waals surface area contributed by atoms with Gasteiger partial charge in [-0.1, -0.05) is 0 Å². The molecule has 1 aliphatic heterocycles. The summed E-state index contributed by atoms with van der Waals surface area (Å²) in [5.41, 5.74) is 11.7. The highest BCUT2D eigenvalue weighted by Crippen LogP contribution is 2.31. The molecule has 1 aromatic heterocycles. The lowest BCUT2D eigenvalue weighted by atomic mass is 10.0. The van der Waals surface area contributed by atoms with Crippen LogP contribution in [-0.2, 0) is 20.0 Å². The number of anilines is 2. The van der Waals surface area contributed by atoms with Gasteiger partial charge in [0.1, 0.15) is 0 Å². The first-order valence-electron chi connectivity index (χ1n) is 6.87. The zero-order valence-electron chi connectivity index (χ0n) is 11.9. The normalized spacial score (nSPS) is 14.4. The van der Waals surface area contributed by atoms with Gasteiger partial charge < -0.3 is 10.6 Å². The molecule has 20 heavy (non-hydrogen) atoms. The number of benzene rings is 1. The molecular formula is C15H19BrN4. The summed E-state index contributed by atoms with van der Waals surface area (Å²) in [6.07, 6.45) is 2.29. The third kappa shape index (κ3) is 2.30. The Hall–Kier alpha value is -1.49. The van der Waals surface area contributed by atoms with Crippen LogP contribution < -0.4 is 10.6 Å². The lowest BCUT2D eigenvalue weighted by molar-refractivity contribution is 0.642. The highest BCUT2D eigenvalue weighted by Gasteiger charge is 2.20. The second-order valence-electron chi connectivity index (χ2n) is 5.38. The van der Waals surface area contributed by atoms with Gasteiger partial charge in [-0.15, -0.1) is 0 Å². The summed E-state index contributed by atoms with van der Waals surface area (Å²) in [5.74, 6) is 0. The fourth-order valence-electron chi connectivity index (χ4n) is 2.89. The number of rotatable bonds is 2. The molecule has 2 heterocycles. The van der Waals surface area contributed by atoms with Gasteiger partial charge in [0.2, 0.25) is 0 Å². The topological polar surface area (TPSA) is 47.1 Å². The van der Waals surface area contributed by atoms with Gasteiger partial charge in [-0.3, -0.25) is 4.68 Å². The fourth-order valence-corrected chi connectivity index (χ4v) is 3.35. The van der Waals surface area contributed by atoms with E-state index in [1.54, 1.807) is 0 Å². The van der Waals surface area contributed by atoms with E-state index in [2.05, 4.69) is 38.1 Å². The van der Waals surface area contributed by atoms with Crippen molar-refractivity contribution in [1.29, 1.82) is 0 Å². The molecule has 0 unspecified atom stereocenters. The van der Waals surface area contributed by atoms with Crippen molar-refractivity contribution in [3.63, 3.8) is 0 Å². The van der Waals surface area contributed by atoms with Crippen LogP contribution in [0.3, 0.4) is 0 Å². The SMILES string of the molecule is Cc1nn(C)c(CN2CCCc3cc(N)ccc32)c1Br. The monoisotopic (exact) mass is 334 g/mol. The van der Waals surface area contributed by atoms with Crippen molar-refractivity contribution in [1.82, 2.24) is 9.78 Å². The molecule has 0 saturated heterocycles. The number of aromatic nitrogens is 2. The highest BCUT2D eigenvalue weighted by molar-refractivity contribution is 9.10. The predicted octanol–water partition coefficient (Wildman–Crippen LogP) is 3.03. The zero-order valence-corrected chi connectivity index (χ0v) is 13.4. The molecule has 3 rings (SSSR count). The van der Waals surface area contributed by atoms with Crippen LogP contribution >= 0.6 is 15.9 Å². The van der Waals surface area contributed by atoms with Gasteiger partial charge in [-0.25, -0.2) is 0 Å². The van der Waals surface area contributed by atoms with E-state index in [1.807, 2.05) is 24.7 Å². The third-order valence-corrected chi connectivity index (χ3v) is 4.95. The van der Waals surface area contributed by atoms with Crippen molar-refractivity contribution in [3.05, 3.63) is 39.6 Å². The Balaban J connectivity index is 1.93. The van der Waals surface area contributed by atoms with Crippen LogP contribution in [0, 0.1) is 6.92 Å². The quantitative estimate of drug-likeness (QED) is 0.858. The molecule has 0 amide bonds. The van der Waals surface area contributed by atoms with Gasteiger partial charge in [0, 0.05) is 25.0 Å². The van der Waals surface area contributed by atoms with E-state index >= 15 is 0 Å². The third-order valence-electron chi connectivity index (χ3n) is 3.92. The Morgan fingerprint density at radius 3 is 2.90 bits per heavy atom. The first-order valence-corrected chi connectivity index (χ1v) is 7.67. The molecule has 1 aromatic carbocycles. The molecule has 0 bridgehead atoms. The van der Waals surface area contributed by atoms with Crippen LogP contribution in [0.2, 0.25) is 0 Å². The van der Waals surface area contributed by atoms with E-state index in [-0.39, 0.29) is 0 Å². The zero-order chi connectivity index (χ0) is 14.3. The molecule has 4 nitrogen and oxygen atoms in total. The first-order chi connectivity index (χ1) is 9.56. The molecule has 0 fully saturated rings. The lowest BCUT2D eigenvalue weighted by Crippen LogP contribution is -2.29. The number of hydrogen-bond donors (Lipinski definition) is 1. The van der Waals surface area contributed by atoms with E-state index in [1.165, 1.54) is 23.4 Å². The first kappa shape index (κ1) is 13.5. The van der Waals surface area contributed by atoms with E-state index in [9.17, 15) is 0 Å². The molecule has 1 aliphatic rings. The Morgan fingerprint density at radius 2 is 2.20 bits per heavy atom. The molecule has 0 radical (unpaired) electrons. The Labute approximate surface area is 127 Å². The van der Waals surface area contributed by atoms with Crippen molar-refractivity contribution in [2.75, 3.05) is 17.2 Å². The summed E-state index contributed by atoms with van der Waals surface area (Å²) in [6, 6.07) is 6.23. The van der Waals surface area contributed by atoms with Gasteiger partial charge in [0.25, 0.3) is 0 Å². The lowest BCUT2D eigenvalue weighted by Gasteiger charge is -2.31. The van der Waals surface area contributed by atoms with Crippen LogP contribution in [0.5, 0.6) is 0 Å². The summed E-state index contributed by atoms with van der Waals surface area (Å²) in [4.78, 5) is 2.42. The molecule has 0 aliphatic carbocycles. The summed E-state index contributed by atoms with van der Waals surface area (Å²) in [7, 11) is 2.00. The maximum Gasteiger partial charge on any atom is 0.0739 e. The molecule has 106 valence electrons. The second kappa shape index (κ2) is 5.13. The number of nitrogens with two attached hydrogens (primary N) is 1. The van der Waals surface area contributed by atoms with Crippen molar-refractivity contribution >= 4 is 27.3 Å². The standard InChI is InChI=1S/C15H19BrN4/c1-10-15(16)14(19(2)18-10)9-20-7-3-4-11-8-12(17)5-6-13(11)20/h5-6,8H,3-4,7,9,17H2,1-2H3. The molecule has 0 atom stereocenters. The smallest absolute Gasteiger partial charge is 0.0739 e. The molecule has 0 saturated carbocycles. The van der Waals surface area contributed by atoms with Crippen LogP contribution in [0.15, 0.2) is 22.7 Å². The average Bonchev–Trinajstić information content (AvgIpc) is 2.65. The molecule has 0 spiro atoms. The number of aryl methyl sites for hydroxylation is 3. The second-order valence-corrected chi connectivity index (χ2v) is 6.18. The minimum Gasteiger partial charge on any atom is -0.399 e. The molecule has 2 N–H and O–H groups in total. The molecular weight excluding hydrogens is 316 g/mol. The van der Waals surface area contributed by atoms with Crippen LogP contribution in [0.1, 0.15) is 23.4 Å². The van der Waals surface area contributed by atoms with Gasteiger partial charge >= 0.3 is 0 Å².